The summed E-state index contributed by atoms with van der Waals surface area (Å²) in [6.45, 7) is 6.16. The predicted octanol–water partition coefficient (Wildman–Crippen LogP) is 9.24. The summed E-state index contributed by atoms with van der Waals surface area (Å²) in [7, 11) is 0. The fraction of sp³-hybridized carbons (Fsp3) is 0.320. The molecule has 0 aliphatic carbocycles. The summed E-state index contributed by atoms with van der Waals surface area (Å²) in [4.78, 5) is 0.917. The van der Waals surface area contributed by atoms with Crippen molar-refractivity contribution < 1.29 is 40.1 Å². The minimum atomic E-state index is -0.965. The van der Waals surface area contributed by atoms with Crippen LogP contribution in [0.5, 0.6) is 11.5 Å². The highest BCUT2D eigenvalue weighted by atomic mass is 32.1. The van der Waals surface area contributed by atoms with Crippen molar-refractivity contribution in [3.05, 3.63) is 163 Å². The highest BCUT2D eigenvalue weighted by molar-refractivity contribution is 7.10. The molecule has 0 aliphatic rings. The third kappa shape index (κ3) is 11.1. The number of aryl methyl sites for hydroxylation is 3. The minimum absolute atomic E-state index is 0.110. The average molecular weight is 817 g/mol. The predicted molar refractivity (Wildman–Crippen MR) is 234 cm³/mol. The number of hydrogen-bond donors (Lipinski definition) is 6. The van der Waals surface area contributed by atoms with Gasteiger partial charge in [0.25, 0.3) is 0 Å². The van der Waals surface area contributed by atoms with Crippen molar-refractivity contribution in [2.75, 3.05) is 6.61 Å². The summed E-state index contributed by atoms with van der Waals surface area (Å²) >= 11 is 1.52. The molecule has 310 valence electrons. The van der Waals surface area contributed by atoms with Gasteiger partial charge in [0.2, 0.25) is 0 Å². The van der Waals surface area contributed by atoms with Crippen molar-refractivity contribution >= 4 is 11.3 Å². The molecule has 9 heteroatoms. The van der Waals surface area contributed by atoms with Crippen LogP contribution in [0.2, 0.25) is 0 Å². The quantitative estimate of drug-likeness (QED) is 0.0449. The minimum Gasteiger partial charge on any atom is -0.489 e. The molecule has 0 fully saturated rings. The zero-order valence-electron chi connectivity index (χ0n) is 34.1. The Balaban J connectivity index is 1.12. The van der Waals surface area contributed by atoms with Crippen LogP contribution in [-0.4, -0.2) is 43.4 Å². The Morgan fingerprint density at radius 2 is 1.20 bits per heavy atom. The normalized spacial score (nSPS) is 13.0. The van der Waals surface area contributed by atoms with Crippen molar-refractivity contribution in [2.24, 2.45) is 0 Å². The van der Waals surface area contributed by atoms with Gasteiger partial charge in [0.15, 0.2) is 0 Å². The van der Waals surface area contributed by atoms with E-state index < -0.39 is 12.0 Å². The van der Waals surface area contributed by atoms with E-state index in [1.54, 1.807) is 6.07 Å². The number of aliphatic hydroxyl groups is 6. The van der Waals surface area contributed by atoms with Crippen LogP contribution in [0, 0.1) is 13.8 Å². The lowest BCUT2D eigenvalue weighted by molar-refractivity contribution is 0.125. The summed E-state index contributed by atoms with van der Waals surface area (Å²) in [6.07, 6.45) is 1.45. The highest BCUT2D eigenvalue weighted by Gasteiger charge is 2.26. The monoisotopic (exact) mass is 816 g/mol. The van der Waals surface area contributed by atoms with Gasteiger partial charge in [0.05, 0.1) is 32.0 Å². The van der Waals surface area contributed by atoms with E-state index in [-0.39, 0.29) is 39.1 Å². The summed E-state index contributed by atoms with van der Waals surface area (Å²) < 4.78 is 12.4. The first-order valence-corrected chi connectivity index (χ1v) is 21.2. The molecule has 0 saturated carbocycles. The SMILES string of the molecule is CCC(O)CCc1cc(C)c(-c2cccc(OCc3ccc(C(O)C(CCO)c4cc(-c5cccc(OCc6ccc(CO)c(CO)c6)c5)cs4)c(CO)c3)c2)c(C)c1. The molecule has 3 atom stereocenters. The number of ether oxygens (including phenoxy) is 2. The van der Waals surface area contributed by atoms with Crippen LogP contribution >= 0.6 is 11.3 Å². The summed E-state index contributed by atoms with van der Waals surface area (Å²) in [5, 5.41) is 63.6. The summed E-state index contributed by atoms with van der Waals surface area (Å²) in [6, 6.07) is 33.4. The van der Waals surface area contributed by atoms with Crippen LogP contribution in [0.15, 0.2) is 109 Å². The van der Waals surface area contributed by atoms with Gasteiger partial charge >= 0.3 is 0 Å². The molecular formula is C50H56O8S. The lowest BCUT2D eigenvalue weighted by atomic mass is 9.88. The van der Waals surface area contributed by atoms with E-state index in [0.717, 1.165) is 57.7 Å². The van der Waals surface area contributed by atoms with Crippen LogP contribution < -0.4 is 9.47 Å². The van der Waals surface area contributed by atoms with Gasteiger partial charge in [-0.2, -0.15) is 0 Å². The van der Waals surface area contributed by atoms with Gasteiger partial charge in [0, 0.05) is 17.4 Å². The van der Waals surface area contributed by atoms with E-state index in [9.17, 15) is 30.6 Å². The van der Waals surface area contributed by atoms with Gasteiger partial charge in [-0.3, -0.25) is 0 Å². The second-order valence-corrected chi connectivity index (χ2v) is 16.2. The van der Waals surface area contributed by atoms with Crippen LogP contribution in [0.3, 0.4) is 0 Å². The number of benzene rings is 5. The average Bonchev–Trinajstić information content (AvgIpc) is 3.75. The number of aliphatic hydroxyl groups excluding tert-OH is 6. The maximum atomic E-state index is 11.8. The van der Waals surface area contributed by atoms with E-state index in [4.69, 9.17) is 9.47 Å². The maximum absolute atomic E-state index is 11.8. The molecule has 59 heavy (non-hydrogen) atoms. The van der Waals surface area contributed by atoms with Gasteiger partial charge in [-0.25, -0.2) is 0 Å². The zero-order valence-corrected chi connectivity index (χ0v) is 34.9. The Kier molecular flexibility index (Phi) is 15.5. The van der Waals surface area contributed by atoms with Crippen LogP contribution in [-0.2, 0) is 39.5 Å². The van der Waals surface area contributed by atoms with E-state index >= 15 is 0 Å². The van der Waals surface area contributed by atoms with Crippen molar-refractivity contribution in [3.63, 3.8) is 0 Å². The standard InChI is InChI=1S/C50H56O8S/c1-4-43(55)15-12-34-19-32(2)49(33(3)20-34)38-8-6-10-45(24-38)58-30-36-13-16-46(41(22-36)28-54)50(56)47(17-18-51)48-25-42(31-59-48)37-7-5-9-44(23-37)57-29-35-11-14-39(26-52)40(21-35)27-53/h5-11,13-14,16,19-25,31,43,47,50-56H,4,12,15,17-18,26-30H2,1-3H3. The third-order valence-corrected chi connectivity index (χ3v) is 12.1. The maximum Gasteiger partial charge on any atom is 0.120 e. The molecular weight excluding hydrogens is 761 g/mol. The molecule has 6 rings (SSSR count). The second-order valence-electron chi connectivity index (χ2n) is 15.3. The Bertz CT molecular complexity index is 2270. The Morgan fingerprint density at radius 3 is 1.83 bits per heavy atom. The van der Waals surface area contributed by atoms with Crippen molar-refractivity contribution in [1.82, 2.24) is 0 Å². The first-order chi connectivity index (χ1) is 28.6. The lowest BCUT2D eigenvalue weighted by Crippen LogP contribution is -2.14. The van der Waals surface area contributed by atoms with Crippen molar-refractivity contribution in [3.8, 4) is 33.8 Å². The fourth-order valence-corrected chi connectivity index (χ4v) is 8.87. The second kappa shape index (κ2) is 20.9. The first kappa shape index (κ1) is 43.7. The lowest BCUT2D eigenvalue weighted by Gasteiger charge is -2.24. The highest BCUT2D eigenvalue weighted by Crippen LogP contribution is 2.41. The summed E-state index contributed by atoms with van der Waals surface area (Å²) in [5.41, 5.74) is 12.1. The number of thiophene rings is 1. The Labute approximate surface area is 351 Å². The van der Waals surface area contributed by atoms with Gasteiger partial charge in [-0.15, -0.1) is 11.3 Å². The molecule has 5 aromatic carbocycles. The van der Waals surface area contributed by atoms with Crippen molar-refractivity contribution in [1.29, 1.82) is 0 Å². The zero-order chi connectivity index (χ0) is 41.9. The molecule has 1 heterocycles. The van der Waals surface area contributed by atoms with Crippen LogP contribution in [0.1, 0.15) is 93.2 Å². The fourth-order valence-electron chi connectivity index (χ4n) is 7.79. The molecule has 0 spiro atoms. The summed E-state index contributed by atoms with van der Waals surface area (Å²) in [5.74, 6) is 1.00. The molecule has 0 saturated heterocycles. The molecule has 0 aliphatic heterocycles. The molecule has 0 radical (unpaired) electrons. The van der Waals surface area contributed by atoms with Crippen LogP contribution in [0.25, 0.3) is 22.3 Å². The smallest absolute Gasteiger partial charge is 0.120 e. The van der Waals surface area contributed by atoms with Crippen LogP contribution in [0.4, 0.5) is 0 Å². The molecule has 6 aromatic rings. The first-order valence-electron chi connectivity index (χ1n) is 20.3. The number of hydrogen-bond acceptors (Lipinski definition) is 9. The molecule has 3 unspecified atom stereocenters. The van der Waals surface area contributed by atoms with Gasteiger partial charge in [-0.05, 0) is 160 Å². The van der Waals surface area contributed by atoms with Gasteiger partial charge < -0.3 is 40.1 Å². The third-order valence-electron chi connectivity index (χ3n) is 11.0. The van der Waals surface area contributed by atoms with Crippen molar-refractivity contribution in [2.45, 2.75) is 97.6 Å². The van der Waals surface area contributed by atoms with E-state index in [0.29, 0.717) is 41.0 Å². The van der Waals surface area contributed by atoms with E-state index in [2.05, 4.69) is 32.0 Å². The Hall–Kier alpha value is -4.84. The van der Waals surface area contributed by atoms with E-state index in [1.807, 2.05) is 91.2 Å². The molecule has 6 N–H and O–H groups in total. The van der Waals surface area contributed by atoms with Gasteiger partial charge in [-0.1, -0.05) is 67.6 Å². The largest absolute Gasteiger partial charge is 0.489 e. The number of rotatable bonds is 20. The molecule has 8 nitrogen and oxygen atoms in total. The molecule has 0 amide bonds. The molecule has 0 bridgehead atoms. The topological polar surface area (TPSA) is 140 Å². The molecule has 1 aromatic heterocycles. The van der Waals surface area contributed by atoms with Gasteiger partial charge in [0.1, 0.15) is 24.7 Å². The Morgan fingerprint density at radius 1 is 0.593 bits per heavy atom. The van der Waals surface area contributed by atoms with E-state index in [1.165, 1.54) is 33.6 Å².